The van der Waals surface area contributed by atoms with Crippen LogP contribution in [0.2, 0.25) is 0 Å². The van der Waals surface area contributed by atoms with Gasteiger partial charge in [0.1, 0.15) is 6.04 Å². The summed E-state index contributed by atoms with van der Waals surface area (Å²) in [4.78, 5) is 13.6. The van der Waals surface area contributed by atoms with Crippen molar-refractivity contribution in [2.24, 2.45) is 0 Å². The van der Waals surface area contributed by atoms with Gasteiger partial charge in [0, 0.05) is 23.8 Å². The van der Waals surface area contributed by atoms with Crippen LogP contribution in [0.25, 0.3) is 0 Å². The molecule has 1 aromatic carbocycles. The van der Waals surface area contributed by atoms with Crippen molar-refractivity contribution in [2.75, 3.05) is 18.9 Å². The van der Waals surface area contributed by atoms with Crippen LogP contribution in [-0.2, 0) is 4.79 Å². The molecule has 1 heterocycles. The molecule has 1 amide bonds. The maximum Gasteiger partial charge on any atom is 0.244 e. The number of carbonyl (C=O) groups is 1. The zero-order valence-corrected chi connectivity index (χ0v) is 12.0. The average molecular weight is 297 g/mol. The molecule has 1 aliphatic rings. The Bertz CT molecular complexity index is 436. The quantitative estimate of drug-likeness (QED) is 0.910. The third-order valence-corrected chi connectivity index (χ3v) is 4.46. The largest absolute Gasteiger partial charge is 0.374 e. The number of hydrogen-bond donors (Lipinski definition) is 1. The Balaban J connectivity index is 2.17. The van der Waals surface area contributed by atoms with Gasteiger partial charge in [0.2, 0.25) is 5.91 Å². The zero-order valence-electron chi connectivity index (χ0n) is 10.4. The Labute approximate surface area is 110 Å². The molecule has 1 atom stereocenters. The Morgan fingerprint density at radius 2 is 1.94 bits per heavy atom. The lowest BCUT2D eigenvalue weighted by Gasteiger charge is -2.15. The summed E-state index contributed by atoms with van der Waals surface area (Å²) in [6.07, 6.45) is 0.878. The molecule has 0 saturated carbocycles. The van der Waals surface area contributed by atoms with Crippen molar-refractivity contribution in [3.8, 4) is 0 Å². The first-order valence-corrected chi connectivity index (χ1v) is 6.56. The van der Waals surface area contributed by atoms with E-state index in [0.29, 0.717) is 0 Å². The molecule has 0 aromatic heterocycles. The summed E-state index contributed by atoms with van der Waals surface area (Å²) >= 11 is 3.54. The van der Waals surface area contributed by atoms with Crippen LogP contribution in [0.5, 0.6) is 0 Å². The van der Waals surface area contributed by atoms with E-state index in [-0.39, 0.29) is 11.9 Å². The number of nitrogens with one attached hydrogen (secondary N) is 1. The van der Waals surface area contributed by atoms with Gasteiger partial charge in [-0.05, 0) is 43.5 Å². The van der Waals surface area contributed by atoms with Crippen molar-refractivity contribution in [1.82, 2.24) is 4.90 Å². The smallest absolute Gasteiger partial charge is 0.244 e. The summed E-state index contributed by atoms with van der Waals surface area (Å²) in [5.74, 6) is 0.184. The van der Waals surface area contributed by atoms with Crippen LogP contribution in [-0.4, -0.2) is 30.4 Å². The lowest BCUT2D eigenvalue weighted by molar-refractivity contribution is -0.127. The van der Waals surface area contributed by atoms with E-state index in [1.807, 2.05) is 7.05 Å². The third-order valence-electron chi connectivity index (χ3n) is 3.20. The van der Waals surface area contributed by atoms with Crippen LogP contribution in [0, 0.1) is 13.8 Å². The molecule has 1 saturated heterocycles. The van der Waals surface area contributed by atoms with Gasteiger partial charge in [-0.15, -0.1) is 0 Å². The Morgan fingerprint density at radius 3 is 2.41 bits per heavy atom. The summed E-state index contributed by atoms with van der Waals surface area (Å²) in [5, 5.41) is 3.32. The van der Waals surface area contributed by atoms with Crippen molar-refractivity contribution in [2.45, 2.75) is 26.3 Å². The second kappa shape index (κ2) is 4.69. The first-order valence-electron chi connectivity index (χ1n) is 5.77. The Kier molecular flexibility index (Phi) is 3.43. The molecular formula is C13H17BrN2O. The number of amides is 1. The summed E-state index contributed by atoms with van der Waals surface area (Å²) < 4.78 is 1.14. The van der Waals surface area contributed by atoms with Crippen molar-refractivity contribution < 1.29 is 4.79 Å². The first kappa shape index (κ1) is 12.4. The minimum atomic E-state index is -0.0695. The molecule has 1 aliphatic heterocycles. The van der Waals surface area contributed by atoms with Gasteiger partial charge < -0.3 is 10.2 Å². The second-order valence-electron chi connectivity index (χ2n) is 4.67. The lowest BCUT2D eigenvalue weighted by Crippen LogP contribution is -2.30. The number of rotatable bonds is 2. The molecule has 0 spiro atoms. The highest BCUT2D eigenvalue weighted by Crippen LogP contribution is 2.26. The molecule has 0 bridgehead atoms. The maximum atomic E-state index is 11.8. The van der Waals surface area contributed by atoms with E-state index >= 15 is 0 Å². The van der Waals surface area contributed by atoms with Crippen LogP contribution < -0.4 is 5.32 Å². The fourth-order valence-corrected chi connectivity index (χ4v) is 2.42. The van der Waals surface area contributed by atoms with Crippen molar-refractivity contribution in [3.05, 3.63) is 27.7 Å². The number of aryl methyl sites for hydroxylation is 2. The number of carbonyl (C=O) groups excluding carboxylic acids is 1. The first-order chi connectivity index (χ1) is 7.99. The fourth-order valence-electron chi connectivity index (χ4n) is 2.19. The van der Waals surface area contributed by atoms with E-state index in [2.05, 4.69) is 47.2 Å². The molecule has 0 radical (unpaired) electrons. The van der Waals surface area contributed by atoms with Crippen molar-refractivity contribution in [3.63, 3.8) is 0 Å². The van der Waals surface area contributed by atoms with Crippen LogP contribution in [0.15, 0.2) is 16.6 Å². The van der Waals surface area contributed by atoms with Gasteiger partial charge in [-0.2, -0.15) is 0 Å². The van der Waals surface area contributed by atoms with E-state index in [1.165, 1.54) is 11.1 Å². The van der Waals surface area contributed by atoms with Crippen LogP contribution in [0.1, 0.15) is 17.5 Å². The second-order valence-corrected chi connectivity index (χ2v) is 5.46. The molecule has 0 aliphatic carbocycles. The molecular weight excluding hydrogens is 280 g/mol. The molecule has 17 heavy (non-hydrogen) atoms. The summed E-state index contributed by atoms with van der Waals surface area (Å²) in [6.45, 7) is 4.96. The summed E-state index contributed by atoms with van der Waals surface area (Å²) in [7, 11) is 1.85. The van der Waals surface area contributed by atoms with Gasteiger partial charge in [-0.25, -0.2) is 0 Å². The topological polar surface area (TPSA) is 32.3 Å². The van der Waals surface area contributed by atoms with Crippen LogP contribution in [0.4, 0.5) is 5.69 Å². The molecule has 1 unspecified atom stereocenters. The summed E-state index contributed by atoms with van der Waals surface area (Å²) in [6, 6.07) is 4.07. The Hall–Kier alpha value is -1.03. The normalized spacial score (nSPS) is 19.9. The number of nitrogens with zero attached hydrogens (tertiary/aromatic N) is 1. The average Bonchev–Trinajstić information content (AvgIpc) is 2.58. The van der Waals surface area contributed by atoms with Gasteiger partial charge in [-0.1, -0.05) is 15.9 Å². The predicted octanol–water partition coefficient (Wildman–Crippen LogP) is 2.71. The molecule has 92 valence electrons. The van der Waals surface area contributed by atoms with E-state index < -0.39 is 0 Å². The highest BCUT2D eigenvalue weighted by Gasteiger charge is 2.28. The van der Waals surface area contributed by atoms with Gasteiger partial charge in [0.15, 0.2) is 0 Å². The molecule has 1 N–H and O–H groups in total. The molecule has 4 heteroatoms. The fraction of sp³-hybridized carbons (Fsp3) is 0.462. The molecule has 1 fully saturated rings. The standard InChI is InChI=1S/C13H17BrN2O/c1-8-6-10(7-9(2)12(8)14)15-11-4-5-16(3)13(11)17/h6-7,11,15H,4-5H2,1-3H3. The number of likely N-dealkylation sites (tertiary alicyclic amines) is 1. The van der Waals surface area contributed by atoms with Crippen LogP contribution in [0.3, 0.4) is 0 Å². The number of hydrogen-bond acceptors (Lipinski definition) is 2. The van der Waals surface area contributed by atoms with Gasteiger partial charge >= 0.3 is 0 Å². The minimum Gasteiger partial charge on any atom is -0.374 e. The monoisotopic (exact) mass is 296 g/mol. The van der Waals surface area contributed by atoms with Gasteiger partial charge in [0.25, 0.3) is 0 Å². The van der Waals surface area contributed by atoms with E-state index in [9.17, 15) is 4.79 Å². The van der Waals surface area contributed by atoms with E-state index in [0.717, 1.165) is 23.1 Å². The highest BCUT2D eigenvalue weighted by molar-refractivity contribution is 9.10. The number of likely N-dealkylation sites (N-methyl/N-ethyl adjacent to an activating group) is 1. The number of anilines is 1. The van der Waals surface area contributed by atoms with Crippen molar-refractivity contribution >= 4 is 27.5 Å². The third kappa shape index (κ3) is 2.46. The maximum absolute atomic E-state index is 11.8. The molecule has 3 nitrogen and oxygen atoms in total. The molecule has 1 aromatic rings. The predicted molar refractivity (Wildman–Crippen MR) is 73.3 cm³/mol. The Morgan fingerprint density at radius 1 is 1.35 bits per heavy atom. The van der Waals surface area contributed by atoms with Gasteiger partial charge in [0.05, 0.1) is 0 Å². The highest BCUT2D eigenvalue weighted by atomic mass is 79.9. The number of halogens is 1. The molecule has 2 rings (SSSR count). The SMILES string of the molecule is Cc1cc(NC2CCN(C)C2=O)cc(C)c1Br. The number of benzene rings is 1. The summed E-state index contributed by atoms with van der Waals surface area (Å²) in [5.41, 5.74) is 3.40. The van der Waals surface area contributed by atoms with Gasteiger partial charge in [-0.3, -0.25) is 4.79 Å². The van der Waals surface area contributed by atoms with E-state index in [1.54, 1.807) is 4.90 Å². The minimum absolute atomic E-state index is 0.0695. The van der Waals surface area contributed by atoms with Crippen molar-refractivity contribution in [1.29, 1.82) is 0 Å². The lowest BCUT2D eigenvalue weighted by atomic mass is 10.1. The van der Waals surface area contributed by atoms with Crippen LogP contribution >= 0.6 is 15.9 Å². The van der Waals surface area contributed by atoms with E-state index in [4.69, 9.17) is 0 Å². The zero-order chi connectivity index (χ0) is 12.6.